The van der Waals surface area contributed by atoms with E-state index in [1.165, 1.54) is 23.0 Å². The Labute approximate surface area is 365 Å². The van der Waals surface area contributed by atoms with Crippen LogP contribution in [0.4, 0.5) is 62.3 Å². The Bertz CT molecular complexity index is 2170. The number of alkyl halides is 12. The summed E-state index contributed by atoms with van der Waals surface area (Å²) in [7, 11) is 1.43. The number of hydrogen-bond donors (Lipinski definition) is 4. The molecule has 0 saturated carbocycles. The second kappa shape index (κ2) is 18.8. The molecule has 4 N–H and O–H groups in total. The number of carbonyl (C=O) groups is 4. The molecule has 4 heterocycles. The maximum atomic E-state index is 13.7. The summed E-state index contributed by atoms with van der Waals surface area (Å²) in [5, 5.41) is 2.84. The van der Waals surface area contributed by atoms with Crippen molar-refractivity contribution < 1.29 is 81.3 Å². The molecule has 2 aliphatic heterocycles. The normalized spacial score (nSPS) is 18.1. The molecule has 0 bridgehead atoms. The number of aromatic nitrogens is 4. The SMILES string of the molecule is COC(=O)N[C@H](C(=O)N1CCC[C@H]1c1ncc(-c2ccc(-c3ccc(-c4cnc([C@@H]5CCCN5C(=O)[C@@H](NC(=O)OC)C(C(F)(F)F)C(F)(F)F)[nH]4)cc3)cc2)[nH]1)C(C(F)(F)F)C(F)(F)F. The van der Waals surface area contributed by atoms with Crippen molar-refractivity contribution in [2.75, 3.05) is 27.3 Å². The van der Waals surface area contributed by atoms with E-state index < -0.39 is 84.7 Å². The molecule has 26 heteroatoms. The number of rotatable bonds is 11. The van der Waals surface area contributed by atoms with Crippen LogP contribution < -0.4 is 10.6 Å². The number of aromatic amines is 2. The standard InChI is InChI=1S/C40H38F12N8O6/c1-65-35(63)57-27(29(37(41,42)43)38(44,45)46)33(61)59-15-3-5-25(59)31-53-17-23(55-31)21-11-7-19(8-12-21)20-9-13-22(14-10-20)24-18-54-32(56-24)26-6-4-16-60(26)34(62)28(58-36(64)66-2)30(39(47,48)49)40(50,51)52/h7-14,17-18,25-30H,3-6,15-16H2,1-2H3,(H,53,55)(H,54,56)(H,57,63)(H,58,64)/t25-,26-,27-,28-/m0/s1. The smallest absolute Gasteiger partial charge is 0.407 e. The van der Waals surface area contributed by atoms with Gasteiger partial charge in [0.05, 0.1) is 50.1 Å². The van der Waals surface area contributed by atoms with E-state index >= 15 is 0 Å². The minimum absolute atomic E-state index is 0.0772. The van der Waals surface area contributed by atoms with Crippen LogP contribution in [-0.2, 0) is 19.1 Å². The Morgan fingerprint density at radius 2 is 0.864 bits per heavy atom. The van der Waals surface area contributed by atoms with Gasteiger partial charge in [-0.15, -0.1) is 0 Å². The van der Waals surface area contributed by atoms with Gasteiger partial charge < -0.3 is 39.9 Å². The van der Waals surface area contributed by atoms with Gasteiger partial charge in [0.25, 0.3) is 0 Å². The zero-order valence-electron chi connectivity index (χ0n) is 34.3. The molecule has 4 amide bonds. The first-order chi connectivity index (χ1) is 30.8. The molecule has 14 nitrogen and oxygen atoms in total. The second-order valence-corrected chi connectivity index (χ2v) is 15.2. The minimum atomic E-state index is -5.96. The molecule has 0 aliphatic carbocycles. The van der Waals surface area contributed by atoms with Crippen LogP contribution >= 0.6 is 0 Å². The molecular weight excluding hydrogens is 916 g/mol. The quantitative estimate of drug-likeness (QED) is 0.109. The number of H-pyrrole nitrogens is 2. The number of alkyl carbamates (subject to hydrolysis) is 2. The van der Waals surface area contributed by atoms with Gasteiger partial charge in [0, 0.05) is 13.1 Å². The van der Waals surface area contributed by atoms with E-state index in [1.54, 1.807) is 48.5 Å². The molecule has 66 heavy (non-hydrogen) atoms. The minimum Gasteiger partial charge on any atom is -0.453 e. The number of amides is 4. The number of hydrogen-bond acceptors (Lipinski definition) is 8. The number of nitrogens with one attached hydrogen (secondary N) is 4. The Morgan fingerprint density at radius 3 is 1.15 bits per heavy atom. The van der Waals surface area contributed by atoms with Crippen molar-refractivity contribution in [1.82, 2.24) is 40.4 Å². The average molecular weight is 955 g/mol. The van der Waals surface area contributed by atoms with Crippen molar-refractivity contribution in [1.29, 1.82) is 0 Å². The highest BCUT2D eigenvalue weighted by atomic mass is 19.4. The predicted molar refractivity (Wildman–Crippen MR) is 204 cm³/mol. The Balaban J connectivity index is 1.15. The lowest BCUT2D eigenvalue weighted by molar-refractivity contribution is -0.291. The zero-order valence-corrected chi connectivity index (χ0v) is 34.3. The molecule has 6 rings (SSSR count). The molecule has 358 valence electrons. The summed E-state index contributed by atoms with van der Waals surface area (Å²) >= 11 is 0. The van der Waals surface area contributed by atoms with Crippen LogP contribution in [0.25, 0.3) is 33.6 Å². The lowest BCUT2D eigenvalue weighted by Gasteiger charge is -2.34. The highest BCUT2D eigenvalue weighted by Gasteiger charge is 2.65. The van der Waals surface area contributed by atoms with Gasteiger partial charge in [-0.05, 0) is 47.9 Å². The van der Waals surface area contributed by atoms with Crippen LogP contribution in [0.15, 0.2) is 60.9 Å². The fourth-order valence-corrected chi connectivity index (χ4v) is 8.05. The third-order valence-corrected chi connectivity index (χ3v) is 11.1. The van der Waals surface area contributed by atoms with Gasteiger partial charge in [0.15, 0.2) is 11.8 Å². The van der Waals surface area contributed by atoms with Crippen molar-refractivity contribution in [3.63, 3.8) is 0 Å². The summed E-state index contributed by atoms with van der Waals surface area (Å²) < 4.78 is 173. The molecule has 4 atom stereocenters. The molecule has 2 saturated heterocycles. The lowest BCUT2D eigenvalue weighted by Crippen LogP contribution is -2.59. The third kappa shape index (κ3) is 10.6. The molecule has 0 unspecified atom stereocenters. The van der Waals surface area contributed by atoms with E-state index in [1.807, 2.05) is 0 Å². The molecule has 2 aromatic carbocycles. The summed E-state index contributed by atoms with van der Waals surface area (Å²) in [5.74, 6) is -11.6. The first-order valence-corrected chi connectivity index (χ1v) is 19.7. The summed E-state index contributed by atoms with van der Waals surface area (Å²) in [6.07, 6.45) is -23.8. The molecule has 2 aromatic heterocycles. The van der Waals surface area contributed by atoms with E-state index in [-0.39, 0.29) is 50.4 Å². The molecule has 0 radical (unpaired) electrons. The van der Waals surface area contributed by atoms with Gasteiger partial charge in [-0.25, -0.2) is 19.6 Å². The number of methoxy groups -OCH3 is 2. The fourth-order valence-electron chi connectivity index (χ4n) is 8.05. The van der Waals surface area contributed by atoms with E-state index in [4.69, 9.17) is 0 Å². The number of halogens is 12. The number of benzene rings is 2. The highest BCUT2D eigenvalue weighted by molar-refractivity contribution is 5.87. The maximum Gasteiger partial charge on any atom is 0.407 e. The van der Waals surface area contributed by atoms with E-state index in [0.29, 0.717) is 47.9 Å². The van der Waals surface area contributed by atoms with Gasteiger partial charge in [0.1, 0.15) is 23.7 Å². The number of nitrogens with zero attached hydrogens (tertiary/aromatic N) is 4. The van der Waals surface area contributed by atoms with E-state index in [2.05, 4.69) is 29.4 Å². The first kappa shape index (κ1) is 48.9. The van der Waals surface area contributed by atoms with Gasteiger partial charge >= 0.3 is 36.9 Å². The van der Waals surface area contributed by atoms with Crippen LogP contribution in [0, 0.1) is 11.8 Å². The molecule has 0 spiro atoms. The van der Waals surface area contributed by atoms with Crippen LogP contribution in [0.3, 0.4) is 0 Å². The summed E-state index contributed by atoms with van der Waals surface area (Å²) in [6.45, 7) is -0.449. The molecule has 4 aromatic rings. The molecule has 2 fully saturated rings. The Kier molecular flexibility index (Phi) is 13.9. The highest BCUT2D eigenvalue weighted by Crippen LogP contribution is 2.45. The number of ether oxygens (including phenoxy) is 2. The van der Waals surface area contributed by atoms with E-state index in [9.17, 15) is 71.9 Å². The van der Waals surface area contributed by atoms with Gasteiger partial charge in [0.2, 0.25) is 11.8 Å². The average Bonchev–Trinajstić information content (AvgIpc) is 4.08. The third-order valence-electron chi connectivity index (χ3n) is 11.1. The monoisotopic (exact) mass is 954 g/mol. The maximum absolute atomic E-state index is 13.7. The van der Waals surface area contributed by atoms with Crippen molar-refractivity contribution in [2.45, 2.75) is 74.6 Å². The number of imidazole rings is 2. The Hall–Kier alpha value is -6.50. The van der Waals surface area contributed by atoms with E-state index in [0.717, 1.165) is 9.80 Å². The topological polar surface area (TPSA) is 175 Å². The van der Waals surface area contributed by atoms with Crippen LogP contribution in [-0.4, -0.2) is 118 Å². The van der Waals surface area contributed by atoms with Crippen molar-refractivity contribution in [2.24, 2.45) is 11.8 Å². The summed E-state index contributed by atoms with van der Waals surface area (Å²) in [6, 6.07) is 5.43. The second-order valence-electron chi connectivity index (χ2n) is 15.2. The Morgan fingerprint density at radius 1 is 0.561 bits per heavy atom. The van der Waals surface area contributed by atoms with Gasteiger partial charge in [-0.1, -0.05) is 48.5 Å². The van der Waals surface area contributed by atoms with Gasteiger partial charge in [-0.2, -0.15) is 52.7 Å². The molecular formula is C40H38F12N8O6. The number of carbonyl (C=O) groups excluding carboxylic acids is 4. The zero-order chi connectivity index (χ0) is 48.5. The van der Waals surface area contributed by atoms with Crippen molar-refractivity contribution in [3.8, 4) is 33.6 Å². The largest absolute Gasteiger partial charge is 0.453 e. The van der Waals surface area contributed by atoms with Crippen molar-refractivity contribution >= 4 is 24.0 Å². The van der Waals surface area contributed by atoms with Crippen LogP contribution in [0.1, 0.15) is 49.4 Å². The number of likely N-dealkylation sites (tertiary alicyclic amines) is 2. The fraction of sp³-hybridized carbons (Fsp3) is 0.450. The summed E-state index contributed by atoms with van der Waals surface area (Å²) in [5.41, 5.74) is 3.34. The lowest BCUT2D eigenvalue weighted by atomic mass is 9.96. The van der Waals surface area contributed by atoms with Crippen molar-refractivity contribution in [3.05, 3.63) is 72.6 Å². The van der Waals surface area contributed by atoms with Crippen LogP contribution in [0.5, 0.6) is 0 Å². The predicted octanol–water partition coefficient (Wildman–Crippen LogP) is 8.39. The summed E-state index contributed by atoms with van der Waals surface area (Å²) in [4.78, 5) is 66.6. The van der Waals surface area contributed by atoms with Gasteiger partial charge in [-0.3, -0.25) is 9.59 Å². The first-order valence-electron chi connectivity index (χ1n) is 19.7. The molecule has 2 aliphatic rings. The van der Waals surface area contributed by atoms with Crippen LogP contribution in [0.2, 0.25) is 0 Å².